The number of esters is 1. The maximum atomic E-state index is 14.4. The van der Waals surface area contributed by atoms with Gasteiger partial charge in [0.25, 0.3) is 5.91 Å². The Bertz CT molecular complexity index is 1190. The molecule has 11 heteroatoms. The molecular weight excluding hydrogens is 562 g/mol. The Morgan fingerprint density at radius 1 is 1.26 bits per heavy atom. The van der Waals surface area contributed by atoms with Gasteiger partial charge in [0.15, 0.2) is 0 Å². The summed E-state index contributed by atoms with van der Waals surface area (Å²) >= 11 is 6.09. The highest BCUT2D eigenvalue weighted by Crippen LogP contribution is 2.59. The van der Waals surface area contributed by atoms with Crippen molar-refractivity contribution >= 4 is 41.0 Å². The monoisotopic (exact) mass is 601 g/mol. The SMILES string of the molecule is C=CCCC(=O)NC[C@@H](C)OC(=O)[C@@H]1[C@@H]2CC[C@]3(O2)[C@H](C(=O)N(CC=C)c2ccc(Cl)cc2)N(CCCCO)C(=O)[C@@H]13. The number of rotatable bonds is 15. The maximum Gasteiger partial charge on any atom is 0.312 e. The highest BCUT2D eigenvalue weighted by atomic mass is 35.5. The van der Waals surface area contributed by atoms with Crippen LogP contribution >= 0.6 is 11.6 Å². The third-order valence-corrected chi connectivity index (χ3v) is 8.56. The summed E-state index contributed by atoms with van der Waals surface area (Å²) in [4.78, 5) is 57.0. The summed E-state index contributed by atoms with van der Waals surface area (Å²) in [6, 6.07) is 5.88. The fourth-order valence-corrected chi connectivity index (χ4v) is 6.58. The van der Waals surface area contributed by atoms with Gasteiger partial charge in [0.05, 0.1) is 24.5 Å². The minimum absolute atomic E-state index is 0.0435. The molecule has 1 spiro atoms. The van der Waals surface area contributed by atoms with Crippen molar-refractivity contribution in [2.24, 2.45) is 11.8 Å². The standard InChI is InChI=1S/C31H40ClN3O7/c1-4-6-9-24(37)33-19-20(3)41-30(40)25-23-14-15-31(42-23)26(25)28(38)35(17-7-8-18-36)27(31)29(39)34(16-5-2)22-12-10-21(32)11-13-22/h4-5,10-13,20,23,25-27,36H,1-2,6-9,14-19H2,3H3,(H,33,37)/t20-,23+,25-,26-,27+,31-/m1/s1. The zero-order chi connectivity index (χ0) is 30.4. The number of benzene rings is 1. The highest BCUT2D eigenvalue weighted by Gasteiger charge is 2.75. The number of nitrogens with zero attached hydrogens (tertiary/aromatic N) is 2. The van der Waals surface area contributed by atoms with Gasteiger partial charge in [0.2, 0.25) is 11.8 Å². The van der Waals surface area contributed by atoms with Gasteiger partial charge in [-0.05, 0) is 63.3 Å². The first kappa shape index (κ1) is 31.7. The van der Waals surface area contributed by atoms with Crippen molar-refractivity contribution in [3.05, 3.63) is 54.6 Å². The van der Waals surface area contributed by atoms with E-state index in [1.54, 1.807) is 48.2 Å². The van der Waals surface area contributed by atoms with Crippen LogP contribution in [-0.4, -0.2) is 83.8 Å². The van der Waals surface area contributed by atoms with Crippen LogP contribution < -0.4 is 10.2 Å². The molecule has 228 valence electrons. The summed E-state index contributed by atoms with van der Waals surface area (Å²) in [5.41, 5.74) is -0.588. The summed E-state index contributed by atoms with van der Waals surface area (Å²) < 4.78 is 12.2. The van der Waals surface area contributed by atoms with Crippen molar-refractivity contribution in [2.75, 3.05) is 31.1 Å². The van der Waals surface area contributed by atoms with Crippen LogP contribution in [0.3, 0.4) is 0 Å². The van der Waals surface area contributed by atoms with E-state index in [1.165, 1.54) is 4.90 Å². The van der Waals surface area contributed by atoms with Crippen molar-refractivity contribution < 1.29 is 33.8 Å². The van der Waals surface area contributed by atoms with Crippen LogP contribution in [0.5, 0.6) is 0 Å². The van der Waals surface area contributed by atoms with Gasteiger partial charge in [-0.1, -0.05) is 23.8 Å². The molecule has 0 saturated carbocycles. The van der Waals surface area contributed by atoms with Crippen LogP contribution in [0.25, 0.3) is 0 Å². The lowest BCUT2D eigenvalue weighted by Crippen LogP contribution is -2.56. The Morgan fingerprint density at radius 3 is 2.67 bits per heavy atom. The lowest BCUT2D eigenvalue weighted by Gasteiger charge is -2.36. The Kier molecular flexibility index (Phi) is 10.5. The molecule has 6 atom stereocenters. The molecule has 1 aromatic carbocycles. The molecule has 0 aromatic heterocycles. The summed E-state index contributed by atoms with van der Waals surface area (Å²) in [6.07, 6.45) is 4.82. The molecule has 4 rings (SSSR count). The van der Waals surface area contributed by atoms with Crippen LogP contribution in [0.15, 0.2) is 49.6 Å². The van der Waals surface area contributed by atoms with Gasteiger partial charge in [-0.25, -0.2) is 0 Å². The minimum atomic E-state index is -1.18. The largest absolute Gasteiger partial charge is 0.460 e. The Balaban J connectivity index is 1.59. The molecule has 3 saturated heterocycles. The van der Waals surface area contributed by atoms with Gasteiger partial charge in [0, 0.05) is 36.8 Å². The van der Waals surface area contributed by atoms with E-state index < -0.39 is 41.7 Å². The second kappa shape index (κ2) is 13.8. The zero-order valence-corrected chi connectivity index (χ0v) is 24.8. The van der Waals surface area contributed by atoms with Crippen molar-refractivity contribution in [3.8, 4) is 0 Å². The first-order valence-electron chi connectivity index (χ1n) is 14.5. The number of halogens is 1. The maximum absolute atomic E-state index is 14.4. The summed E-state index contributed by atoms with van der Waals surface area (Å²) in [5, 5.41) is 12.6. The number of aliphatic hydroxyl groups excluding tert-OH is 1. The van der Waals surface area contributed by atoms with Crippen molar-refractivity contribution in [1.29, 1.82) is 0 Å². The van der Waals surface area contributed by atoms with E-state index in [0.717, 1.165) is 0 Å². The molecule has 1 aromatic rings. The second-order valence-corrected chi connectivity index (χ2v) is 11.5. The summed E-state index contributed by atoms with van der Waals surface area (Å²) in [7, 11) is 0. The van der Waals surface area contributed by atoms with E-state index in [9.17, 15) is 24.3 Å². The molecule has 3 aliphatic heterocycles. The average Bonchev–Trinajstić information content (AvgIpc) is 3.61. The second-order valence-electron chi connectivity index (χ2n) is 11.1. The van der Waals surface area contributed by atoms with Crippen LogP contribution in [0, 0.1) is 11.8 Å². The highest BCUT2D eigenvalue weighted by molar-refractivity contribution is 6.30. The molecule has 10 nitrogen and oxygen atoms in total. The predicted octanol–water partition coefficient (Wildman–Crippen LogP) is 3.02. The van der Waals surface area contributed by atoms with Crippen LogP contribution in [0.2, 0.25) is 5.02 Å². The van der Waals surface area contributed by atoms with Crippen molar-refractivity contribution in [1.82, 2.24) is 10.2 Å². The van der Waals surface area contributed by atoms with E-state index >= 15 is 0 Å². The Labute approximate surface area is 251 Å². The number of hydrogen-bond acceptors (Lipinski definition) is 7. The molecule has 3 heterocycles. The van der Waals surface area contributed by atoms with Crippen molar-refractivity contribution in [2.45, 2.75) is 69.3 Å². The Morgan fingerprint density at radius 2 is 2.00 bits per heavy atom. The molecule has 42 heavy (non-hydrogen) atoms. The molecule has 3 aliphatic rings. The Hall–Kier alpha value is -3.21. The normalized spacial score (nSPS) is 26.5. The van der Waals surface area contributed by atoms with Gasteiger partial charge >= 0.3 is 5.97 Å². The van der Waals surface area contributed by atoms with Gasteiger partial charge in [-0.15, -0.1) is 13.2 Å². The summed E-state index contributed by atoms with van der Waals surface area (Å²) in [6.45, 7) is 9.62. The lowest BCUT2D eigenvalue weighted by atomic mass is 9.70. The molecule has 2 N–H and O–H groups in total. The smallest absolute Gasteiger partial charge is 0.312 e. The van der Waals surface area contributed by atoms with Crippen LogP contribution in [0.4, 0.5) is 5.69 Å². The topological polar surface area (TPSA) is 125 Å². The first-order chi connectivity index (χ1) is 20.2. The number of anilines is 1. The number of fused-ring (bicyclic) bond motifs is 1. The van der Waals surface area contributed by atoms with E-state index in [1.807, 2.05) is 0 Å². The number of carbonyl (C=O) groups excluding carboxylic acids is 4. The van der Waals surface area contributed by atoms with Crippen LogP contribution in [0.1, 0.15) is 45.4 Å². The van der Waals surface area contributed by atoms with E-state index in [-0.39, 0.29) is 44.0 Å². The number of unbranched alkanes of at least 4 members (excludes halogenated alkanes) is 1. The van der Waals surface area contributed by atoms with Gasteiger partial charge < -0.3 is 29.7 Å². The van der Waals surface area contributed by atoms with E-state index in [2.05, 4.69) is 18.5 Å². The number of allylic oxidation sites excluding steroid dienone is 1. The quantitative estimate of drug-likeness (QED) is 0.180. The van der Waals surface area contributed by atoms with Gasteiger partial charge in [0.1, 0.15) is 17.7 Å². The van der Waals surface area contributed by atoms with Gasteiger partial charge in [-0.3, -0.25) is 19.2 Å². The van der Waals surface area contributed by atoms with Gasteiger partial charge in [-0.2, -0.15) is 0 Å². The zero-order valence-electron chi connectivity index (χ0n) is 24.0. The molecule has 0 aliphatic carbocycles. The minimum Gasteiger partial charge on any atom is -0.460 e. The first-order valence-corrected chi connectivity index (χ1v) is 14.9. The number of likely N-dealkylation sites (tertiary alicyclic amines) is 1. The number of nitrogens with one attached hydrogen (secondary N) is 1. The number of amides is 3. The fraction of sp³-hybridized carbons (Fsp3) is 0.548. The van der Waals surface area contributed by atoms with Crippen LogP contribution in [-0.2, 0) is 28.7 Å². The van der Waals surface area contributed by atoms with Crippen molar-refractivity contribution in [3.63, 3.8) is 0 Å². The molecule has 3 fully saturated rings. The number of carbonyl (C=O) groups is 4. The molecular formula is C31H40ClN3O7. The third kappa shape index (κ3) is 6.26. The van der Waals surface area contributed by atoms with E-state index in [4.69, 9.17) is 21.1 Å². The fourth-order valence-electron chi connectivity index (χ4n) is 6.45. The third-order valence-electron chi connectivity index (χ3n) is 8.31. The molecule has 3 amide bonds. The molecule has 0 unspecified atom stereocenters. The number of aliphatic hydroxyl groups is 1. The number of hydrogen-bond donors (Lipinski definition) is 2. The van der Waals surface area contributed by atoms with E-state index in [0.29, 0.717) is 49.2 Å². The lowest BCUT2D eigenvalue weighted by molar-refractivity contribution is -0.159. The average molecular weight is 602 g/mol. The predicted molar refractivity (Wildman–Crippen MR) is 158 cm³/mol. The number of ether oxygens (including phenoxy) is 2. The molecule has 2 bridgehead atoms. The molecule has 0 radical (unpaired) electrons. The summed E-state index contributed by atoms with van der Waals surface area (Å²) in [5.74, 6) is -3.14.